The van der Waals surface area contributed by atoms with Crippen LogP contribution in [0.1, 0.15) is 0 Å². The summed E-state index contributed by atoms with van der Waals surface area (Å²) in [7, 11) is 0. The third-order valence-corrected chi connectivity index (χ3v) is 3.13. The van der Waals surface area contributed by atoms with Crippen LogP contribution >= 0.6 is 0 Å². The Bertz CT molecular complexity index is 912. The van der Waals surface area contributed by atoms with E-state index in [4.69, 9.17) is 0 Å². The predicted octanol–water partition coefficient (Wildman–Crippen LogP) is 3.80. The van der Waals surface area contributed by atoms with E-state index in [-0.39, 0.29) is 5.75 Å². The minimum Gasteiger partial charge on any atom is -0.406 e. The van der Waals surface area contributed by atoms with Crippen molar-refractivity contribution in [1.82, 2.24) is 14.8 Å². The van der Waals surface area contributed by atoms with E-state index in [9.17, 15) is 18.0 Å². The molecule has 6 nitrogen and oxygen atoms in total. The zero-order chi connectivity index (χ0) is 17.9. The minimum atomic E-state index is -4.73. The standard InChI is InChI=1S/C16H9F3N4O2/c17-16(18,19)25-14-7-5-13(6-8-14)23-9-20-15(22-23)11-1-3-12(4-2-11)21-10-24/h1-9H. The van der Waals surface area contributed by atoms with Crippen molar-refractivity contribution in [2.45, 2.75) is 6.36 Å². The van der Waals surface area contributed by atoms with Gasteiger partial charge in [-0.2, -0.15) is 4.99 Å². The lowest BCUT2D eigenvalue weighted by molar-refractivity contribution is -0.274. The third-order valence-electron chi connectivity index (χ3n) is 3.13. The first-order chi connectivity index (χ1) is 11.9. The van der Waals surface area contributed by atoms with E-state index in [1.54, 1.807) is 24.3 Å². The summed E-state index contributed by atoms with van der Waals surface area (Å²) in [6.45, 7) is 0. The van der Waals surface area contributed by atoms with Crippen molar-refractivity contribution < 1.29 is 22.7 Å². The Kier molecular flexibility index (Phi) is 4.32. The number of rotatable bonds is 4. The average molecular weight is 346 g/mol. The fraction of sp³-hybridized carbons (Fsp3) is 0.0625. The van der Waals surface area contributed by atoms with Crippen LogP contribution in [0.5, 0.6) is 5.75 Å². The van der Waals surface area contributed by atoms with Crippen LogP contribution in [0.3, 0.4) is 0 Å². The molecule has 25 heavy (non-hydrogen) atoms. The van der Waals surface area contributed by atoms with Gasteiger partial charge in [0.25, 0.3) is 0 Å². The molecule has 0 radical (unpaired) electrons. The summed E-state index contributed by atoms with van der Waals surface area (Å²) in [5.41, 5.74) is 1.68. The maximum absolute atomic E-state index is 12.2. The number of ether oxygens (including phenoxy) is 1. The second-order valence-electron chi connectivity index (χ2n) is 4.80. The molecule has 0 atom stereocenters. The van der Waals surface area contributed by atoms with E-state index in [1.807, 2.05) is 0 Å². The van der Waals surface area contributed by atoms with Crippen molar-refractivity contribution in [3.8, 4) is 22.8 Å². The van der Waals surface area contributed by atoms with Crippen LogP contribution < -0.4 is 4.74 Å². The fourth-order valence-electron chi connectivity index (χ4n) is 2.06. The van der Waals surface area contributed by atoms with E-state index < -0.39 is 6.36 Å². The number of aliphatic imine (C=N–C) groups is 1. The molecule has 0 aliphatic carbocycles. The van der Waals surface area contributed by atoms with E-state index in [1.165, 1.54) is 41.4 Å². The fourth-order valence-corrected chi connectivity index (χ4v) is 2.06. The van der Waals surface area contributed by atoms with E-state index in [2.05, 4.69) is 19.8 Å². The molecule has 1 aromatic heterocycles. The first-order valence-corrected chi connectivity index (χ1v) is 6.91. The maximum atomic E-state index is 12.2. The van der Waals surface area contributed by atoms with Crippen molar-refractivity contribution in [1.29, 1.82) is 0 Å². The molecule has 0 aliphatic rings. The lowest BCUT2D eigenvalue weighted by Crippen LogP contribution is -2.17. The van der Waals surface area contributed by atoms with E-state index in [0.29, 0.717) is 22.8 Å². The molecule has 0 saturated carbocycles. The number of halogens is 3. The Morgan fingerprint density at radius 2 is 1.72 bits per heavy atom. The summed E-state index contributed by atoms with van der Waals surface area (Å²) >= 11 is 0. The minimum absolute atomic E-state index is 0.317. The van der Waals surface area contributed by atoms with Gasteiger partial charge in [-0.1, -0.05) is 0 Å². The molecule has 1 heterocycles. The lowest BCUT2D eigenvalue weighted by Gasteiger charge is -2.09. The molecule has 0 bridgehead atoms. The molecule has 0 unspecified atom stereocenters. The van der Waals surface area contributed by atoms with Crippen LogP contribution in [0.25, 0.3) is 17.1 Å². The number of aromatic nitrogens is 3. The first kappa shape index (κ1) is 16.4. The number of isocyanates is 1. The monoisotopic (exact) mass is 346 g/mol. The van der Waals surface area contributed by atoms with Crippen molar-refractivity contribution >= 4 is 11.8 Å². The van der Waals surface area contributed by atoms with Crippen LogP contribution in [-0.2, 0) is 4.79 Å². The Morgan fingerprint density at radius 3 is 2.32 bits per heavy atom. The molecule has 0 aliphatic heterocycles. The van der Waals surface area contributed by atoms with Crippen LogP contribution in [0.15, 0.2) is 59.9 Å². The number of nitrogens with zero attached hydrogens (tertiary/aromatic N) is 4. The molecule has 3 rings (SSSR count). The third kappa shape index (κ3) is 4.10. The second-order valence-corrected chi connectivity index (χ2v) is 4.80. The highest BCUT2D eigenvalue weighted by Crippen LogP contribution is 2.24. The van der Waals surface area contributed by atoms with Crippen LogP contribution in [0, 0.1) is 0 Å². The molecule has 3 aromatic rings. The molecule has 0 N–H and O–H groups in total. The topological polar surface area (TPSA) is 69.4 Å². The molecule has 9 heteroatoms. The van der Waals surface area contributed by atoms with Crippen molar-refractivity contribution in [2.24, 2.45) is 4.99 Å². The summed E-state index contributed by atoms with van der Waals surface area (Å²) in [6, 6.07) is 11.9. The molecule has 0 amide bonds. The van der Waals surface area contributed by atoms with Gasteiger partial charge in [-0.25, -0.2) is 14.5 Å². The highest BCUT2D eigenvalue weighted by Gasteiger charge is 2.30. The molecule has 0 spiro atoms. The zero-order valence-corrected chi connectivity index (χ0v) is 12.4. The van der Waals surface area contributed by atoms with Gasteiger partial charge < -0.3 is 4.74 Å². The Morgan fingerprint density at radius 1 is 1.04 bits per heavy atom. The summed E-state index contributed by atoms with van der Waals surface area (Å²) in [4.78, 5) is 17.8. The normalized spacial score (nSPS) is 11.0. The van der Waals surface area contributed by atoms with Crippen molar-refractivity contribution in [2.75, 3.05) is 0 Å². The van der Waals surface area contributed by atoms with E-state index in [0.717, 1.165) is 0 Å². The lowest BCUT2D eigenvalue weighted by atomic mass is 10.2. The van der Waals surface area contributed by atoms with Gasteiger partial charge in [0.2, 0.25) is 6.08 Å². The Labute approximate surface area is 139 Å². The molecule has 0 fully saturated rings. The number of alkyl halides is 3. The summed E-state index contributed by atoms with van der Waals surface area (Å²) in [5, 5.41) is 4.27. The van der Waals surface area contributed by atoms with Gasteiger partial charge in [0.05, 0.1) is 11.4 Å². The Balaban J connectivity index is 1.80. The number of carbonyl (C=O) groups excluding carboxylic acids is 1. The first-order valence-electron chi connectivity index (χ1n) is 6.91. The smallest absolute Gasteiger partial charge is 0.406 e. The quantitative estimate of drug-likeness (QED) is 0.532. The average Bonchev–Trinajstić information content (AvgIpc) is 3.05. The number of hydrogen-bond donors (Lipinski definition) is 0. The summed E-state index contributed by atoms with van der Waals surface area (Å²) in [5.74, 6) is 0.0974. The van der Waals surface area contributed by atoms with Gasteiger partial charge in [0, 0.05) is 5.56 Å². The highest BCUT2D eigenvalue weighted by molar-refractivity contribution is 5.59. The number of hydrogen-bond acceptors (Lipinski definition) is 5. The SMILES string of the molecule is O=C=Nc1ccc(-c2ncn(-c3ccc(OC(F)(F)F)cc3)n2)cc1. The van der Waals surface area contributed by atoms with Gasteiger partial charge in [-0.05, 0) is 48.5 Å². The van der Waals surface area contributed by atoms with Gasteiger partial charge in [0.1, 0.15) is 12.1 Å². The number of benzene rings is 2. The summed E-state index contributed by atoms with van der Waals surface area (Å²) in [6.07, 6.45) is -1.85. The van der Waals surface area contributed by atoms with Crippen LogP contribution in [-0.4, -0.2) is 27.2 Å². The summed E-state index contributed by atoms with van der Waals surface area (Å²) < 4.78 is 41.7. The molecular formula is C16H9F3N4O2. The molecule has 0 saturated heterocycles. The largest absolute Gasteiger partial charge is 0.573 e. The second kappa shape index (κ2) is 6.58. The molecular weight excluding hydrogens is 337 g/mol. The van der Waals surface area contributed by atoms with Gasteiger partial charge in [-0.3, -0.25) is 0 Å². The van der Waals surface area contributed by atoms with Gasteiger partial charge in [-0.15, -0.1) is 18.3 Å². The maximum Gasteiger partial charge on any atom is 0.573 e. The van der Waals surface area contributed by atoms with Crippen LogP contribution in [0.4, 0.5) is 18.9 Å². The predicted molar refractivity (Wildman–Crippen MR) is 81.3 cm³/mol. The van der Waals surface area contributed by atoms with Gasteiger partial charge >= 0.3 is 6.36 Å². The Hall–Kier alpha value is -3.45. The molecule has 2 aromatic carbocycles. The zero-order valence-electron chi connectivity index (χ0n) is 12.4. The van der Waals surface area contributed by atoms with Crippen LogP contribution in [0.2, 0.25) is 0 Å². The van der Waals surface area contributed by atoms with Crippen molar-refractivity contribution in [3.05, 3.63) is 54.9 Å². The molecule has 126 valence electrons. The highest BCUT2D eigenvalue weighted by atomic mass is 19.4. The van der Waals surface area contributed by atoms with E-state index >= 15 is 0 Å². The van der Waals surface area contributed by atoms with Gasteiger partial charge in [0.15, 0.2) is 5.82 Å². The van der Waals surface area contributed by atoms with Crippen molar-refractivity contribution in [3.63, 3.8) is 0 Å².